The average Bonchev–Trinajstić information content (AvgIpc) is 2.26. The Kier molecular flexibility index (Phi) is 2.96. The summed E-state index contributed by atoms with van der Waals surface area (Å²) in [5, 5.41) is 21.0. The molecule has 1 aromatic heterocycles. The molecule has 0 aliphatic heterocycles. The van der Waals surface area contributed by atoms with Crippen molar-refractivity contribution in [3.8, 4) is 6.07 Å². The number of aromatic nitrogens is 1. The lowest BCUT2D eigenvalue weighted by Gasteiger charge is -2.42. The van der Waals surface area contributed by atoms with Crippen LogP contribution in [0.3, 0.4) is 0 Å². The molecule has 1 aliphatic rings. The molecule has 1 heterocycles. The van der Waals surface area contributed by atoms with E-state index in [-0.39, 0.29) is 6.42 Å². The predicted molar refractivity (Wildman–Crippen MR) is 61.4 cm³/mol. The van der Waals surface area contributed by atoms with Gasteiger partial charge in [0.05, 0.1) is 12.0 Å². The molecular formula is C12H13N3O2. The van der Waals surface area contributed by atoms with Gasteiger partial charge < -0.3 is 10.4 Å². The largest absolute Gasteiger partial charge is 0.481 e. The highest BCUT2D eigenvalue weighted by Crippen LogP contribution is 2.38. The first-order chi connectivity index (χ1) is 8.15. The van der Waals surface area contributed by atoms with Gasteiger partial charge in [0, 0.05) is 11.7 Å². The van der Waals surface area contributed by atoms with Crippen LogP contribution in [0.25, 0.3) is 0 Å². The molecule has 0 bridgehead atoms. The minimum absolute atomic E-state index is 0.0639. The van der Waals surface area contributed by atoms with Gasteiger partial charge >= 0.3 is 5.97 Å². The van der Waals surface area contributed by atoms with Gasteiger partial charge in [0.15, 0.2) is 0 Å². The summed E-state index contributed by atoms with van der Waals surface area (Å²) in [4.78, 5) is 14.9. The number of nitrogens with one attached hydrogen (secondary N) is 1. The van der Waals surface area contributed by atoms with Crippen molar-refractivity contribution in [2.75, 3.05) is 5.32 Å². The fourth-order valence-electron chi connectivity index (χ4n) is 2.09. The van der Waals surface area contributed by atoms with E-state index in [4.69, 9.17) is 10.4 Å². The number of carboxylic acid groups (broad SMARTS) is 1. The van der Waals surface area contributed by atoms with Crippen molar-refractivity contribution >= 4 is 11.8 Å². The van der Waals surface area contributed by atoms with Gasteiger partial charge in [0.25, 0.3) is 0 Å². The summed E-state index contributed by atoms with van der Waals surface area (Å²) in [5.74, 6) is -0.345. The van der Waals surface area contributed by atoms with Crippen LogP contribution in [0.15, 0.2) is 18.3 Å². The fraction of sp³-hybridized carbons (Fsp3) is 0.417. The standard InChI is InChI=1S/C12H13N3O2/c13-8-9-3-1-6-14-11(9)15-12(4-2-5-12)7-10(16)17/h1,3,6H,2,4-5,7H2,(H,14,15)(H,16,17). The quantitative estimate of drug-likeness (QED) is 0.824. The lowest BCUT2D eigenvalue weighted by atomic mass is 9.74. The molecular weight excluding hydrogens is 218 g/mol. The van der Waals surface area contributed by atoms with Crippen LogP contribution < -0.4 is 5.32 Å². The van der Waals surface area contributed by atoms with Crippen LogP contribution in [-0.2, 0) is 4.79 Å². The fourth-order valence-corrected chi connectivity index (χ4v) is 2.09. The Labute approximate surface area is 99.1 Å². The molecule has 0 spiro atoms. The van der Waals surface area contributed by atoms with Crippen molar-refractivity contribution in [3.05, 3.63) is 23.9 Å². The zero-order valence-electron chi connectivity index (χ0n) is 9.31. The van der Waals surface area contributed by atoms with E-state index in [0.717, 1.165) is 19.3 Å². The summed E-state index contributed by atoms with van der Waals surface area (Å²) in [6, 6.07) is 5.41. The van der Waals surface area contributed by atoms with Crippen molar-refractivity contribution in [2.45, 2.75) is 31.2 Å². The number of rotatable bonds is 4. The number of carboxylic acids is 1. The number of anilines is 1. The first-order valence-corrected chi connectivity index (χ1v) is 5.50. The number of pyridine rings is 1. The molecule has 0 amide bonds. The Bertz CT molecular complexity index is 475. The molecule has 17 heavy (non-hydrogen) atoms. The molecule has 2 rings (SSSR count). The number of hydrogen-bond donors (Lipinski definition) is 2. The Morgan fingerprint density at radius 1 is 1.65 bits per heavy atom. The van der Waals surface area contributed by atoms with E-state index in [9.17, 15) is 4.79 Å². The lowest BCUT2D eigenvalue weighted by Crippen LogP contribution is -2.47. The lowest BCUT2D eigenvalue weighted by molar-refractivity contribution is -0.138. The maximum absolute atomic E-state index is 10.8. The average molecular weight is 231 g/mol. The molecule has 1 aliphatic carbocycles. The van der Waals surface area contributed by atoms with E-state index >= 15 is 0 Å². The Morgan fingerprint density at radius 3 is 2.94 bits per heavy atom. The maximum Gasteiger partial charge on any atom is 0.305 e. The van der Waals surface area contributed by atoms with Crippen molar-refractivity contribution < 1.29 is 9.90 Å². The summed E-state index contributed by atoms with van der Waals surface area (Å²) in [6.07, 6.45) is 4.28. The van der Waals surface area contributed by atoms with E-state index in [1.165, 1.54) is 0 Å². The maximum atomic E-state index is 10.8. The molecule has 0 unspecified atom stereocenters. The van der Waals surface area contributed by atoms with E-state index in [1.807, 2.05) is 6.07 Å². The van der Waals surface area contributed by atoms with Crippen molar-refractivity contribution in [2.24, 2.45) is 0 Å². The number of carbonyl (C=O) groups is 1. The molecule has 0 radical (unpaired) electrons. The van der Waals surface area contributed by atoms with Crippen LogP contribution in [0.2, 0.25) is 0 Å². The first kappa shape index (κ1) is 11.4. The number of nitriles is 1. The molecule has 5 nitrogen and oxygen atoms in total. The summed E-state index contributed by atoms with van der Waals surface area (Å²) in [7, 11) is 0. The summed E-state index contributed by atoms with van der Waals surface area (Å²) < 4.78 is 0. The van der Waals surface area contributed by atoms with Gasteiger partial charge in [0.2, 0.25) is 0 Å². The van der Waals surface area contributed by atoms with Crippen molar-refractivity contribution in [3.63, 3.8) is 0 Å². The highest BCUT2D eigenvalue weighted by molar-refractivity contribution is 5.70. The second-order valence-electron chi connectivity index (χ2n) is 4.34. The number of hydrogen-bond acceptors (Lipinski definition) is 4. The summed E-state index contributed by atoms with van der Waals surface area (Å²) in [6.45, 7) is 0. The summed E-state index contributed by atoms with van der Waals surface area (Å²) in [5.41, 5.74) is 0.0235. The molecule has 1 saturated carbocycles. The predicted octanol–water partition coefficient (Wildman–Crippen LogP) is 1.76. The van der Waals surface area contributed by atoms with Crippen LogP contribution in [0.1, 0.15) is 31.2 Å². The monoisotopic (exact) mass is 231 g/mol. The third-order valence-electron chi connectivity index (χ3n) is 3.11. The topological polar surface area (TPSA) is 86.0 Å². The normalized spacial score (nSPS) is 16.6. The van der Waals surface area contributed by atoms with Gasteiger partial charge in [-0.2, -0.15) is 5.26 Å². The van der Waals surface area contributed by atoms with E-state index in [1.54, 1.807) is 18.3 Å². The van der Waals surface area contributed by atoms with Gasteiger partial charge in [-0.1, -0.05) is 0 Å². The molecule has 2 N–H and O–H groups in total. The molecule has 0 saturated heterocycles. The molecule has 0 atom stereocenters. The van der Waals surface area contributed by atoms with Crippen LogP contribution in [0.5, 0.6) is 0 Å². The zero-order chi connectivity index (χ0) is 12.3. The van der Waals surface area contributed by atoms with Crippen molar-refractivity contribution in [1.29, 1.82) is 5.26 Å². The highest BCUT2D eigenvalue weighted by atomic mass is 16.4. The Balaban J connectivity index is 2.19. The van der Waals surface area contributed by atoms with Gasteiger partial charge in [-0.05, 0) is 31.4 Å². The molecule has 1 fully saturated rings. The van der Waals surface area contributed by atoms with Gasteiger partial charge in [-0.25, -0.2) is 4.98 Å². The summed E-state index contributed by atoms with van der Waals surface area (Å²) >= 11 is 0. The molecule has 0 aromatic carbocycles. The minimum atomic E-state index is -0.827. The van der Waals surface area contributed by atoms with Crippen LogP contribution >= 0.6 is 0 Å². The van der Waals surface area contributed by atoms with E-state index in [0.29, 0.717) is 11.4 Å². The second-order valence-corrected chi connectivity index (χ2v) is 4.34. The third-order valence-corrected chi connectivity index (χ3v) is 3.11. The van der Waals surface area contributed by atoms with Crippen LogP contribution in [-0.4, -0.2) is 21.6 Å². The minimum Gasteiger partial charge on any atom is -0.481 e. The van der Waals surface area contributed by atoms with Crippen LogP contribution in [0.4, 0.5) is 5.82 Å². The van der Waals surface area contributed by atoms with Gasteiger partial charge in [0.1, 0.15) is 11.9 Å². The zero-order valence-corrected chi connectivity index (χ0v) is 9.31. The van der Waals surface area contributed by atoms with Crippen molar-refractivity contribution in [1.82, 2.24) is 4.98 Å². The van der Waals surface area contributed by atoms with Gasteiger partial charge in [-0.15, -0.1) is 0 Å². The Hall–Kier alpha value is -2.09. The first-order valence-electron chi connectivity index (χ1n) is 5.50. The smallest absolute Gasteiger partial charge is 0.305 e. The molecule has 1 aromatic rings. The molecule has 88 valence electrons. The second kappa shape index (κ2) is 4.42. The van der Waals surface area contributed by atoms with E-state index < -0.39 is 11.5 Å². The van der Waals surface area contributed by atoms with Crippen LogP contribution in [0, 0.1) is 11.3 Å². The number of aliphatic carboxylic acids is 1. The highest BCUT2D eigenvalue weighted by Gasteiger charge is 2.39. The van der Waals surface area contributed by atoms with E-state index in [2.05, 4.69) is 10.3 Å². The third kappa shape index (κ3) is 2.36. The SMILES string of the molecule is N#Cc1cccnc1NC1(CC(=O)O)CCC1. The van der Waals surface area contributed by atoms with Gasteiger partial charge in [-0.3, -0.25) is 4.79 Å². The number of nitrogens with zero attached hydrogens (tertiary/aromatic N) is 2. The molecule has 5 heteroatoms. The Morgan fingerprint density at radius 2 is 2.41 bits per heavy atom.